The van der Waals surface area contributed by atoms with Crippen LogP contribution in [0.15, 0.2) is 18.2 Å². The summed E-state index contributed by atoms with van der Waals surface area (Å²) < 4.78 is 5.34. The van der Waals surface area contributed by atoms with Crippen molar-refractivity contribution < 1.29 is 9.84 Å². The lowest BCUT2D eigenvalue weighted by atomic mass is 10.1. The fraction of sp³-hybridized carbons (Fsp3) is 0.538. The Hall–Kier alpha value is -1.42. The van der Waals surface area contributed by atoms with Crippen LogP contribution in [-0.2, 0) is 0 Å². The summed E-state index contributed by atoms with van der Waals surface area (Å²) in [6.45, 7) is 6.03. The van der Waals surface area contributed by atoms with Gasteiger partial charge in [0.1, 0.15) is 11.4 Å². The number of methoxy groups -OCH3 is 1. The summed E-state index contributed by atoms with van der Waals surface area (Å²) in [4.78, 5) is 2.19. The molecule has 1 aromatic carbocycles. The van der Waals surface area contributed by atoms with Crippen molar-refractivity contribution in [3.8, 4) is 5.75 Å². The molecular weight excluding hydrogens is 216 g/mol. The van der Waals surface area contributed by atoms with E-state index >= 15 is 0 Å². The fourth-order valence-corrected chi connectivity index (χ4v) is 2.20. The molecule has 1 aliphatic rings. The lowest BCUT2D eigenvalue weighted by Crippen LogP contribution is -2.43. The van der Waals surface area contributed by atoms with Crippen molar-refractivity contribution >= 4 is 11.4 Å². The summed E-state index contributed by atoms with van der Waals surface area (Å²) in [6, 6.07) is 5.97. The van der Waals surface area contributed by atoms with Crippen molar-refractivity contribution in [3.63, 3.8) is 0 Å². The molecule has 2 N–H and O–H groups in total. The van der Waals surface area contributed by atoms with Crippen LogP contribution in [0.1, 0.15) is 13.8 Å². The number of hydrogen-bond acceptors (Lipinski definition) is 4. The van der Waals surface area contributed by atoms with Gasteiger partial charge in [0.05, 0.1) is 18.4 Å². The zero-order chi connectivity index (χ0) is 12.5. The molecule has 0 aliphatic carbocycles. The smallest absolute Gasteiger partial charge is 0.144 e. The molecule has 0 saturated carbocycles. The van der Waals surface area contributed by atoms with Crippen molar-refractivity contribution in [2.24, 2.45) is 0 Å². The monoisotopic (exact) mass is 236 g/mol. The molecule has 0 atom stereocenters. The lowest BCUT2D eigenvalue weighted by Gasteiger charge is -2.36. The van der Waals surface area contributed by atoms with E-state index in [2.05, 4.69) is 16.3 Å². The van der Waals surface area contributed by atoms with Gasteiger partial charge in [0, 0.05) is 19.6 Å². The van der Waals surface area contributed by atoms with Crippen LogP contribution < -0.4 is 15.0 Å². The van der Waals surface area contributed by atoms with Gasteiger partial charge >= 0.3 is 0 Å². The van der Waals surface area contributed by atoms with Crippen molar-refractivity contribution in [1.82, 2.24) is 0 Å². The fourth-order valence-electron chi connectivity index (χ4n) is 2.20. The van der Waals surface area contributed by atoms with Gasteiger partial charge in [0.25, 0.3) is 0 Å². The Morgan fingerprint density at radius 1 is 1.47 bits per heavy atom. The molecule has 0 amide bonds. The van der Waals surface area contributed by atoms with Gasteiger partial charge in [-0.1, -0.05) is 6.07 Å². The van der Waals surface area contributed by atoms with E-state index in [0.717, 1.165) is 30.2 Å². The number of aliphatic hydroxyl groups is 1. The maximum atomic E-state index is 9.93. The van der Waals surface area contributed by atoms with Gasteiger partial charge < -0.3 is 20.1 Å². The Bertz CT molecular complexity index is 399. The van der Waals surface area contributed by atoms with E-state index in [1.54, 1.807) is 7.11 Å². The number of fused-ring (bicyclic) bond motifs is 1. The molecule has 0 saturated heterocycles. The van der Waals surface area contributed by atoms with Gasteiger partial charge in [-0.2, -0.15) is 0 Å². The number of ether oxygens (including phenoxy) is 1. The Kier molecular flexibility index (Phi) is 3.15. The van der Waals surface area contributed by atoms with Crippen LogP contribution in [0.2, 0.25) is 0 Å². The summed E-state index contributed by atoms with van der Waals surface area (Å²) in [5.41, 5.74) is 1.42. The third-order valence-corrected chi connectivity index (χ3v) is 2.83. The zero-order valence-corrected chi connectivity index (χ0v) is 10.7. The minimum Gasteiger partial charge on any atom is -0.495 e. The summed E-state index contributed by atoms with van der Waals surface area (Å²) in [5.74, 6) is 0.850. The second kappa shape index (κ2) is 4.45. The van der Waals surface area contributed by atoms with E-state index in [-0.39, 0.29) is 0 Å². The topological polar surface area (TPSA) is 44.7 Å². The molecular formula is C13H20N2O2. The van der Waals surface area contributed by atoms with Crippen LogP contribution in [0.4, 0.5) is 11.4 Å². The first-order chi connectivity index (χ1) is 8.01. The highest BCUT2D eigenvalue weighted by Gasteiger charge is 2.24. The third-order valence-electron chi connectivity index (χ3n) is 2.83. The quantitative estimate of drug-likeness (QED) is 0.838. The van der Waals surface area contributed by atoms with Crippen molar-refractivity contribution in [1.29, 1.82) is 0 Å². The first kappa shape index (κ1) is 12.0. The normalized spacial score (nSPS) is 15.2. The minimum atomic E-state index is -0.697. The Morgan fingerprint density at radius 3 is 2.88 bits per heavy atom. The number of rotatable bonds is 3. The Morgan fingerprint density at radius 2 is 2.24 bits per heavy atom. The predicted octanol–water partition coefficient (Wildman–Crippen LogP) is 1.70. The molecule has 1 aliphatic heterocycles. The second-order valence-corrected chi connectivity index (χ2v) is 5.02. The number of nitrogens with one attached hydrogen (secondary N) is 1. The molecule has 0 radical (unpaired) electrons. The summed E-state index contributed by atoms with van der Waals surface area (Å²) >= 11 is 0. The number of anilines is 2. The number of benzene rings is 1. The molecule has 1 aromatic rings. The molecule has 2 rings (SSSR count). The van der Waals surface area contributed by atoms with Gasteiger partial charge in [-0.25, -0.2) is 0 Å². The number of para-hydroxylation sites is 1. The highest BCUT2D eigenvalue weighted by Crippen LogP contribution is 2.37. The molecule has 0 spiro atoms. The van der Waals surface area contributed by atoms with E-state index in [0.29, 0.717) is 6.54 Å². The maximum absolute atomic E-state index is 9.93. The standard InChI is InChI=1S/C13H20N2O2/c1-13(2,16)9-15-8-7-14-12-10(15)5-4-6-11(12)17-3/h4-6,14,16H,7-9H2,1-3H3. The van der Waals surface area contributed by atoms with Crippen LogP contribution in [0.3, 0.4) is 0 Å². The summed E-state index contributed by atoms with van der Waals surface area (Å²) in [7, 11) is 1.67. The van der Waals surface area contributed by atoms with Gasteiger partial charge in [-0.3, -0.25) is 0 Å². The minimum absolute atomic E-state index is 0.620. The number of hydrogen-bond donors (Lipinski definition) is 2. The molecule has 0 aromatic heterocycles. The Labute approximate surface area is 102 Å². The van der Waals surface area contributed by atoms with Gasteiger partial charge in [-0.15, -0.1) is 0 Å². The predicted molar refractivity (Wildman–Crippen MR) is 70.0 cm³/mol. The van der Waals surface area contributed by atoms with Crippen molar-refractivity contribution in [2.45, 2.75) is 19.4 Å². The Balaban J connectivity index is 2.31. The highest BCUT2D eigenvalue weighted by atomic mass is 16.5. The molecule has 94 valence electrons. The molecule has 0 bridgehead atoms. The van der Waals surface area contributed by atoms with Gasteiger partial charge in [0.2, 0.25) is 0 Å². The van der Waals surface area contributed by atoms with Crippen LogP contribution >= 0.6 is 0 Å². The number of nitrogens with zero attached hydrogens (tertiary/aromatic N) is 1. The summed E-state index contributed by atoms with van der Waals surface area (Å²) in [5, 5.41) is 13.3. The lowest BCUT2D eigenvalue weighted by molar-refractivity contribution is 0.0874. The van der Waals surface area contributed by atoms with E-state index in [4.69, 9.17) is 4.74 Å². The average Bonchev–Trinajstić information content (AvgIpc) is 2.27. The third kappa shape index (κ3) is 2.64. The van der Waals surface area contributed by atoms with E-state index in [9.17, 15) is 5.11 Å². The molecule has 4 nitrogen and oxygen atoms in total. The molecule has 0 fully saturated rings. The van der Waals surface area contributed by atoms with Crippen LogP contribution in [-0.4, -0.2) is 37.5 Å². The van der Waals surface area contributed by atoms with E-state index < -0.39 is 5.60 Å². The largest absolute Gasteiger partial charge is 0.495 e. The van der Waals surface area contributed by atoms with Crippen LogP contribution in [0.5, 0.6) is 5.75 Å². The first-order valence-corrected chi connectivity index (χ1v) is 5.89. The van der Waals surface area contributed by atoms with Crippen molar-refractivity contribution in [2.75, 3.05) is 37.0 Å². The van der Waals surface area contributed by atoms with E-state index in [1.807, 2.05) is 26.0 Å². The molecule has 17 heavy (non-hydrogen) atoms. The highest BCUT2D eigenvalue weighted by molar-refractivity contribution is 5.78. The molecule has 0 unspecified atom stereocenters. The zero-order valence-electron chi connectivity index (χ0n) is 10.7. The number of β-amino-alcohol motifs (C(OH)–C–C–N with tert-alkyl or cyclic N) is 1. The first-order valence-electron chi connectivity index (χ1n) is 5.89. The summed E-state index contributed by atoms with van der Waals surface area (Å²) in [6.07, 6.45) is 0. The SMILES string of the molecule is COc1cccc2c1NCCN2CC(C)(C)O. The molecule has 4 heteroatoms. The second-order valence-electron chi connectivity index (χ2n) is 5.02. The van der Waals surface area contributed by atoms with Crippen LogP contribution in [0, 0.1) is 0 Å². The molecule has 1 heterocycles. The van der Waals surface area contributed by atoms with Crippen molar-refractivity contribution in [3.05, 3.63) is 18.2 Å². The van der Waals surface area contributed by atoms with E-state index in [1.165, 1.54) is 0 Å². The maximum Gasteiger partial charge on any atom is 0.144 e. The van der Waals surface area contributed by atoms with Crippen LogP contribution in [0.25, 0.3) is 0 Å². The van der Waals surface area contributed by atoms with Gasteiger partial charge in [0.15, 0.2) is 0 Å². The average molecular weight is 236 g/mol. The van der Waals surface area contributed by atoms with Gasteiger partial charge in [-0.05, 0) is 26.0 Å².